The fraction of sp³-hybridized carbons (Fsp3) is 0.278. The third kappa shape index (κ3) is 4.73. The minimum absolute atomic E-state index is 0.419. The van der Waals surface area contributed by atoms with Gasteiger partial charge in [0.2, 0.25) is 0 Å². The van der Waals surface area contributed by atoms with Crippen LogP contribution in [-0.2, 0) is 6.42 Å². The Morgan fingerprint density at radius 3 is 2.70 bits per heavy atom. The molecule has 2 aromatic carbocycles. The number of guanidine groups is 1. The van der Waals surface area contributed by atoms with E-state index in [9.17, 15) is 0 Å². The van der Waals surface area contributed by atoms with Crippen LogP contribution >= 0.6 is 15.9 Å². The van der Waals surface area contributed by atoms with Crippen LogP contribution in [0, 0.1) is 13.8 Å². The Morgan fingerprint density at radius 2 is 2.00 bits per heavy atom. The molecule has 0 spiro atoms. The zero-order valence-corrected chi connectivity index (χ0v) is 15.3. The molecule has 122 valence electrons. The maximum absolute atomic E-state index is 5.96. The van der Waals surface area contributed by atoms with Crippen molar-refractivity contribution in [1.82, 2.24) is 0 Å². The number of nitrogens with one attached hydrogen (secondary N) is 1. The average Bonchev–Trinajstić information content (AvgIpc) is 2.51. The summed E-state index contributed by atoms with van der Waals surface area (Å²) in [7, 11) is 1.67. The molecule has 0 unspecified atom stereocenters. The quantitative estimate of drug-likeness (QED) is 0.612. The Bertz CT molecular complexity index is 713. The molecule has 0 amide bonds. The van der Waals surface area contributed by atoms with Crippen LogP contribution in [0.1, 0.15) is 16.7 Å². The molecular weight excluding hydrogens is 354 g/mol. The lowest BCUT2D eigenvalue weighted by Gasteiger charge is -2.10. The molecule has 0 aliphatic rings. The van der Waals surface area contributed by atoms with Crippen LogP contribution in [-0.4, -0.2) is 19.6 Å². The summed E-state index contributed by atoms with van der Waals surface area (Å²) >= 11 is 3.49. The summed E-state index contributed by atoms with van der Waals surface area (Å²) in [6.07, 6.45) is 0.762. The van der Waals surface area contributed by atoms with Crippen molar-refractivity contribution in [2.45, 2.75) is 20.3 Å². The summed E-state index contributed by atoms with van der Waals surface area (Å²) < 4.78 is 6.36. The van der Waals surface area contributed by atoms with Gasteiger partial charge in [-0.2, -0.15) is 0 Å². The molecule has 23 heavy (non-hydrogen) atoms. The molecule has 0 fully saturated rings. The number of nitrogens with zero attached hydrogens (tertiary/aromatic N) is 1. The fourth-order valence-electron chi connectivity index (χ4n) is 2.28. The predicted molar refractivity (Wildman–Crippen MR) is 100 cm³/mol. The molecule has 0 atom stereocenters. The molecule has 0 aliphatic heterocycles. The van der Waals surface area contributed by atoms with Crippen LogP contribution in [0.2, 0.25) is 0 Å². The minimum atomic E-state index is 0.419. The number of aliphatic imine (C=N–C) groups is 1. The van der Waals surface area contributed by atoms with E-state index in [4.69, 9.17) is 10.5 Å². The van der Waals surface area contributed by atoms with E-state index in [1.807, 2.05) is 24.3 Å². The van der Waals surface area contributed by atoms with Crippen molar-refractivity contribution in [2.24, 2.45) is 10.7 Å². The second-order valence-corrected chi connectivity index (χ2v) is 6.23. The van der Waals surface area contributed by atoms with Crippen molar-refractivity contribution in [1.29, 1.82) is 0 Å². The minimum Gasteiger partial charge on any atom is -0.495 e. The molecule has 0 aliphatic carbocycles. The number of aryl methyl sites for hydroxylation is 2. The van der Waals surface area contributed by atoms with Crippen LogP contribution in [0.15, 0.2) is 45.9 Å². The van der Waals surface area contributed by atoms with Crippen molar-refractivity contribution < 1.29 is 4.74 Å². The summed E-state index contributed by atoms with van der Waals surface area (Å²) in [4.78, 5) is 4.38. The van der Waals surface area contributed by atoms with E-state index < -0.39 is 0 Å². The van der Waals surface area contributed by atoms with E-state index >= 15 is 0 Å². The van der Waals surface area contributed by atoms with Crippen LogP contribution < -0.4 is 15.8 Å². The number of hydrogen-bond donors (Lipinski definition) is 2. The smallest absolute Gasteiger partial charge is 0.193 e. The SMILES string of the molecule is COc1c(Br)cccc1CCN=C(N)Nc1ccc(C)c(C)c1. The Labute approximate surface area is 145 Å². The van der Waals surface area contributed by atoms with Crippen LogP contribution in [0.25, 0.3) is 0 Å². The molecule has 3 N–H and O–H groups in total. The predicted octanol–water partition coefficient (Wildman–Crippen LogP) is 4.04. The highest BCUT2D eigenvalue weighted by atomic mass is 79.9. The van der Waals surface area contributed by atoms with Gasteiger partial charge in [-0.3, -0.25) is 4.99 Å². The summed E-state index contributed by atoms with van der Waals surface area (Å²) in [6.45, 7) is 4.76. The highest BCUT2D eigenvalue weighted by Gasteiger charge is 2.06. The standard InChI is InChI=1S/C18H22BrN3O/c1-12-7-8-15(11-13(12)2)22-18(20)21-10-9-14-5-4-6-16(19)17(14)23-3/h4-8,11H,9-10H2,1-3H3,(H3,20,21,22). The van der Waals surface area contributed by atoms with Gasteiger partial charge in [0, 0.05) is 12.2 Å². The van der Waals surface area contributed by atoms with Crippen LogP contribution in [0.4, 0.5) is 5.69 Å². The number of halogens is 1. The monoisotopic (exact) mass is 375 g/mol. The number of para-hydroxylation sites is 1. The van der Waals surface area contributed by atoms with Gasteiger partial charge in [0.1, 0.15) is 5.75 Å². The maximum Gasteiger partial charge on any atom is 0.193 e. The van der Waals surface area contributed by atoms with Gasteiger partial charge in [0.25, 0.3) is 0 Å². The molecule has 0 radical (unpaired) electrons. The topological polar surface area (TPSA) is 59.6 Å². The zero-order chi connectivity index (χ0) is 16.8. The third-order valence-electron chi connectivity index (χ3n) is 3.70. The van der Waals surface area contributed by atoms with Crippen molar-refractivity contribution >= 4 is 27.6 Å². The first-order chi connectivity index (χ1) is 11.0. The first kappa shape index (κ1) is 17.3. The Balaban J connectivity index is 1.97. The summed E-state index contributed by atoms with van der Waals surface area (Å²) in [6, 6.07) is 12.1. The lowest BCUT2D eigenvalue weighted by molar-refractivity contribution is 0.407. The molecule has 2 aromatic rings. The first-order valence-electron chi connectivity index (χ1n) is 7.47. The van der Waals surface area contributed by atoms with Gasteiger partial charge in [-0.15, -0.1) is 0 Å². The number of rotatable bonds is 5. The van der Waals surface area contributed by atoms with Crippen molar-refractivity contribution in [3.63, 3.8) is 0 Å². The normalized spacial score (nSPS) is 11.4. The molecule has 0 bridgehead atoms. The summed E-state index contributed by atoms with van der Waals surface area (Å²) in [5.41, 5.74) is 10.5. The number of nitrogens with two attached hydrogens (primary N) is 1. The van der Waals surface area contributed by atoms with E-state index in [0.29, 0.717) is 12.5 Å². The van der Waals surface area contributed by atoms with E-state index in [1.54, 1.807) is 7.11 Å². The second kappa shape index (κ2) is 8.02. The Kier molecular flexibility index (Phi) is 6.04. The van der Waals surface area contributed by atoms with E-state index in [-0.39, 0.29) is 0 Å². The zero-order valence-electron chi connectivity index (χ0n) is 13.7. The number of benzene rings is 2. The Hall–Kier alpha value is -2.01. The number of methoxy groups -OCH3 is 1. The van der Waals surface area contributed by atoms with Gasteiger partial charge in [0.05, 0.1) is 11.6 Å². The largest absolute Gasteiger partial charge is 0.495 e. The van der Waals surface area contributed by atoms with Gasteiger partial charge >= 0.3 is 0 Å². The molecule has 0 heterocycles. The van der Waals surface area contributed by atoms with Crippen molar-refractivity contribution in [2.75, 3.05) is 19.0 Å². The molecule has 0 saturated carbocycles. The van der Waals surface area contributed by atoms with Gasteiger partial charge in [-0.05, 0) is 71.1 Å². The van der Waals surface area contributed by atoms with Crippen LogP contribution in [0.5, 0.6) is 5.75 Å². The lowest BCUT2D eigenvalue weighted by Crippen LogP contribution is -2.23. The molecule has 4 nitrogen and oxygen atoms in total. The molecule has 5 heteroatoms. The molecule has 2 rings (SSSR count). The van der Waals surface area contributed by atoms with E-state index in [2.05, 4.69) is 52.2 Å². The molecule has 0 saturated heterocycles. The van der Waals surface area contributed by atoms with Gasteiger partial charge in [0.15, 0.2) is 5.96 Å². The second-order valence-electron chi connectivity index (χ2n) is 5.37. The average molecular weight is 376 g/mol. The Morgan fingerprint density at radius 1 is 1.22 bits per heavy atom. The number of ether oxygens (including phenoxy) is 1. The van der Waals surface area contributed by atoms with E-state index in [0.717, 1.165) is 27.9 Å². The van der Waals surface area contributed by atoms with E-state index in [1.165, 1.54) is 11.1 Å². The summed E-state index contributed by atoms with van der Waals surface area (Å²) in [5.74, 6) is 1.27. The lowest BCUT2D eigenvalue weighted by atomic mass is 10.1. The van der Waals surface area contributed by atoms with Crippen molar-refractivity contribution in [3.8, 4) is 5.75 Å². The van der Waals surface area contributed by atoms with Crippen molar-refractivity contribution in [3.05, 3.63) is 57.6 Å². The van der Waals surface area contributed by atoms with Crippen LogP contribution in [0.3, 0.4) is 0 Å². The number of anilines is 1. The van der Waals surface area contributed by atoms with Gasteiger partial charge < -0.3 is 15.8 Å². The summed E-state index contributed by atoms with van der Waals surface area (Å²) in [5, 5.41) is 3.12. The van der Waals surface area contributed by atoms with Gasteiger partial charge in [-0.1, -0.05) is 18.2 Å². The number of hydrogen-bond acceptors (Lipinski definition) is 2. The molecule has 0 aromatic heterocycles. The molecular formula is C18H22BrN3O. The highest BCUT2D eigenvalue weighted by molar-refractivity contribution is 9.10. The maximum atomic E-state index is 5.96. The highest BCUT2D eigenvalue weighted by Crippen LogP contribution is 2.28. The van der Waals surface area contributed by atoms with Gasteiger partial charge in [-0.25, -0.2) is 0 Å². The fourth-order valence-corrected chi connectivity index (χ4v) is 2.85. The third-order valence-corrected chi connectivity index (χ3v) is 4.32. The first-order valence-corrected chi connectivity index (χ1v) is 8.26.